The van der Waals surface area contributed by atoms with Crippen LogP contribution in [0.5, 0.6) is 0 Å². The fourth-order valence-electron chi connectivity index (χ4n) is 1.55. The first-order chi connectivity index (χ1) is 7.59. The van der Waals surface area contributed by atoms with Crippen LogP contribution >= 0.6 is 0 Å². The van der Waals surface area contributed by atoms with Crippen molar-refractivity contribution in [1.82, 2.24) is 9.88 Å². The third-order valence-electron chi connectivity index (χ3n) is 2.86. The van der Waals surface area contributed by atoms with Crippen LogP contribution in [0.1, 0.15) is 26.0 Å². The van der Waals surface area contributed by atoms with E-state index in [4.69, 9.17) is 5.73 Å². The summed E-state index contributed by atoms with van der Waals surface area (Å²) in [5, 5.41) is 0. The molecule has 3 nitrogen and oxygen atoms in total. The van der Waals surface area contributed by atoms with Crippen molar-refractivity contribution in [3.8, 4) is 0 Å². The summed E-state index contributed by atoms with van der Waals surface area (Å²) in [5.74, 6) is 0.559. The lowest BCUT2D eigenvalue weighted by molar-refractivity contribution is 0.293. The molecule has 0 fully saturated rings. The van der Waals surface area contributed by atoms with E-state index in [1.54, 1.807) is 0 Å². The van der Waals surface area contributed by atoms with Gasteiger partial charge in [0.15, 0.2) is 0 Å². The topological polar surface area (TPSA) is 42.1 Å². The Bertz CT molecular complexity index is 284. The predicted octanol–water partition coefficient (Wildman–Crippen LogP) is 1.89. The summed E-state index contributed by atoms with van der Waals surface area (Å²) in [6.07, 6.45) is 2.88. The Hall–Kier alpha value is -0.930. The number of rotatable bonds is 6. The molecule has 1 aromatic rings. The standard InChI is InChI=1S/C13H23N3/c1-11(2)13(14)7-9-16(3)10-12-6-4-5-8-15-12/h4-6,8,11,13H,7,9-10,14H2,1-3H3. The van der Waals surface area contributed by atoms with Crippen LogP contribution in [0, 0.1) is 5.92 Å². The van der Waals surface area contributed by atoms with Gasteiger partial charge < -0.3 is 10.6 Å². The van der Waals surface area contributed by atoms with Crippen LogP contribution in [0.2, 0.25) is 0 Å². The van der Waals surface area contributed by atoms with Crippen molar-refractivity contribution in [3.05, 3.63) is 30.1 Å². The molecule has 0 radical (unpaired) electrons. The van der Waals surface area contributed by atoms with E-state index < -0.39 is 0 Å². The molecule has 0 spiro atoms. The number of hydrogen-bond acceptors (Lipinski definition) is 3. The van der Waals surface area contributed by atoms with Crippen molar-refractivity contribution < 1.29 is 0 Å². The lowest BCUT2D eigenvalue weighted by atomic mass is 10.0. The maximum absolute atomic E-state index is 6.02. The van der Waals surface area contributed by atoms with Gasteiger partial charge in [0.2, 0.25) is 0 Å². The fourth-order valence-corrected chi connectivity index (χ4v) is 1.55. The van der Waals surface area contributed by atoms with Crippen molar-refractivity contribution in [2.75, 3.05) is 13.6 Å². The quantitative estimate of drug-likeness (QED) is 0.797. The normalized spacial score (nSPS) is 13.4. The summed E-state index contributed by atoms with van der Waals surface area (Å²) < 4.78 is 0. The predicted molar refractivity (Wildman–Crippen MR) is 68.0 cm³/mol. The van der Waals surface area contributed by atoms with E-state index in [-0.39, 0.29) is 0 Å². The second-order valence-electron chi connectivity index (χ2n) is 4.76. The molecular weight excluding hydrogens is 198 g/mol. The molecule has 0 aliphatic rings. The first-order valence-electron chi connectivity index (χ1n) is 5.93. The molecule has 1 aromatic heterocycles. The van der Waals surface area contributed by atoms with Crippen molar-refractivity contribution in [3.63, 3.8) is 0 Å². The molecule has 0 saturated heterocycles. The highest BCUT2D eigenvalue weighted by Crippen LogP contribution is 2.05. The number of hydrogen-bond donors (Lipinski definition) is 1. The molecular formula is C13H23N3. The Labute approximate surface area is 98.7 Å². The minimum absolute atomic E-state index is 0.297. The lowest BCUT2D eigenvalue weighted by Crippen LogP contribution is -2.31. The van der Waals surface area contributed by atoms with Crippen LogP contribution in [0.25, 0.3) is 0 Å². The summed E-state index contributed by atoms with van der Waals surface area (Å²) >= 11 is 0. The van der Waals surface area contributed by atoms with Crippen LogP contribution in [0.4, 0.5) is 0 Å². The van der Waals surface area contributed by atoms with Gasteiger partial charge in [-0.05, 0) is 38.1 Å². The maximum Gasteiger partial charge on any atom is 0.0543 e. The first-order valence-corrected chi connectivity index (χ1v) is 5.93. The van der Waals surface area contributed by atoms with E-state index in [0.717, 1.165) is 25.2 Å². The van der Waals surface area contributed by atoms with Crippen molar-refractivity contribution in [2.24, 2.45) is 11.7 Å². The average molecular weight is 221 g/mol. The number of pyridine rings is 1. The van der Waals surface area contributed by atoms with Crippen LogP contribution in [0.3, 0.4) is 0 Å². The van der Waals surface area contributed by atoms with Gasteiger partial charge in [-0.15, -0.1) is 0 Å². The Balaban J connectivity index is 2.29. The molecule has 3 heteroatoms. The van der Waals surface area contributed by atoms with Crippen LogP contribution in [0.15, 0.2) is 24.4 Å². The summed E-state index contributed by atoms with van der Waals surface area (Å²) in [6, 6.07) is 6.32. The highest BCUT2D eigenvalue weighted by atomic mass is 15.1. The van der Waals surface area contributed by atoms with Crippen molar-refractivity contribution >= 4 is 0 Å². The Morgan fingerprint density at radius 2 is 2.12 bits per heavy atom. The summed E-state index contributed by atoms with van der Waals surface area (Å²) in [7, 11) is 2.11. The second kappa shape index (κ2) is 6.61. The zero-order valence-electron chi connectivity index (χ0n) is 10.6. The number of nitrogens with two attached hydrogens (primary N) is 1. The molecule has 0 aliphatic heterocycles. The third kappa shape index (κ3) is 4.73. The maximum atomic E-state index is 6.02. The summed E-state index contributed by atoms with van der Waals surface area (Å²) in [5.41, 5.74) is 7.13. The van der Waals surface area contributed by atoms with Crippen molar-refractivity contribution in [2.45, 2.75) is 32.9 Å². The van der Waals surface area contributed by atoms with E-state index in [2.05, 4.69) is 36.8 Å². The molecule has 1 rings (SSSR count). The van der Waals surface area contributed by atoms with Gasteiger partial charge in [-0.3, -0.25) is 4.98 Å². The molecule has 2 N–H and O–H groups in total. The van der Waals surface area contributed by atoms with E-state index in [1.807, 2.05) is 18.3 Å². The van der Waals surface area contributed by atoms with Crippen LogP contribution in [-0.4, -0.2) is 29.5 Å². The summed E-state index contributed by atoms with van der Waals surface area (Å²) in [6.45, 7) is 6.26. The molecule has 1 unspecified atom stereocenters. The third-order valence-corrected chi connectivity index (χ3v) is 2.86. The van der Waals surface area contributed by atoms with Gasteiger partial charge in [0.1, 0.15) is 0 Å². The highest BCUT2D eigenvalue weighted by molar-refractivity contribution is 5.02. The largest absolute Gasteiger partial charge is 0.327 e. The Kier molecular flexibility index (Phi) is 5.43. The number of aromatic nitrogens is 1. The van der Waals surface area contributed by atoms with Gasteiger partial charge in [-0.2, -0.15) is 0 Å². The molecule has 16 heavy (non-hydrogen) atoms. The summed E-state index contributed by atoms with van der Waals surface area (Å²) in [4.78, 5) is 6.58. The van der Waals surface area contributed by atoms with Gasteiger partial charge in [0, 0.05) is 18.8 Å². The molecule has 0 bridgehead atoms. The molecule has 1 heterocycles. The van der Waals surface area contributed by atoms with Gasteiger partial charge in [-0.1, -0.05) is 19.9 Å². The zero-order chi connectivity index (χ0) is 12.0. The monoisotopic (exact) mass is 221 g/mol. The fraction of sp³-hybridized carbons (Fsp3) is 0.615. The molecule has 90 valence electrons. The van der Waals surface area contributed by atoms with Gasteiger partial charge in [-0.25, -0.2) is 0 Å². The molecule has 1 atom stereocenters. The molecule has 0 saturated carbocycles. The Morgan fingerprint density at radius 3 is 2.69 bits per heavy atom. The van der Waals surface area contributed by atoms with Gasteiger partial charge in [0.25, 0.3) is 0 Å². The van der Waals surface area contributed by atoms with E-state index in [9.17, 15) is 0 Å². The minimum Gasteiger partial charge on any atom is -0.327 e. The van der Waals surface area contributed by atoms with E-state index >= 15 is 0 Å². The minimum atomic E-state index is 0.297. The van der Waals surface area contributed by atoms with Crippen LogP contribution in [-0.2, 0) is 6.54 Å². The molecule has 0 amide bonds. The highest BCUT2D eigenvalue weighted by Gasteiger charge is 2.09. The van der Waals surface area contributed by atoms with Crippen LogP contribution < -0.4 is 5.73 Å². The lowest BCUT2D eigenvalue weighted by Gasteiger charge is -2.20. The second-order valence-corrected chi connectivity index (χ2v) is 4.76. The molecule has 0 aliphatic carbocycles. The SMILES string of the molecule is CC(C)C(N)CCN(C)Cc1ccccn1. The van der Waals surface area contributed by atoms with Gasteiger partial charge in [0.05, 0.1) is 5.69 Å². The average Bonchev–Trinajstić information content (AvgIpc) is 2.27. The molecule has 0 aromatic carbocycles. The van der Waals surface area contributed by atoms with Gasteiger partial charge >= 0.3 is 0 Å². The van der Waals surface area contributed by atoms with E-state index in [1.165, 1.54) is 0 Å². The Morgan fingerprint density at radius 1 is 1.38 bits per heavy atom. The first kappa shape index (κ1) is 13.1. The van der Waals surface area contributed by atoms with E-state index in [0.29, 0.717) is 12.0 Å². The zero-order valence-corrected chi connectivity index (χ0v) is 10.6. The smallest absolute Gasteiger partial charge is 0.0543 e. The number of nitrogens with zero attached hydrogens (tertiary/aromatic N) is 2. The van der Waals surface area contributed by atoms with Crippen molar-refractivity contribution in [1.29, 1.82) is 0 Å².